The molecular weight excluding hydrogens is 426 g/mol. The number of nitrogens with zero attached hydrogens (tertiary/aromatic N) is 3. The first kappa shape index (κ1) is 22.2. The SMILES string of the molecule is N#Cc1cccc(C(=O)/N=C(/NC2CCCC2)NC2CC(c3ccc(Cl)cc3)NN2N)c1. The zero-order valence-electron chi connectivity index (χ0n) is 17.6. The van der Waals surface area contributed by atoms with Gasteiger partial charge in [0, 0.05) is 23.0 Å². The van der Waals surface area contributed by atoms with E-state index in [1.807, 2.05) is 24.3 Å². The molecule has 2 aromatic rings. The minimum absolute atomic E-state index is 0.00510. The molecule has 32 heavy (non-hydrogen) atoms. The van der Waals surface area contributed by atoms with Crippen LogP contribution in [0.1, 0.15) is 59.6 Å². The van der Waals surface area contributed by atoms with Crippen molar-refractivity contribution >= 4 is 23.5 Å². The fraction of sp³-hybridized carbons (Fsp3) is 0.348. The third-order valence-corrected chi connectivity index (χ3v) is 6.08. The van der Waals surface area contributed by atoms with Crippen molar-refractivity contribution in [2.45, 2.75) is 50.4 Å². The minimum Gasteiger partial charge on any atom is -0.353 e. The van der Waals surface area contributed by atoms with Crippen LogP contribution in [0.3, 0.4) is 0 Å². The van der Waals surface area contributed by atoms with Gasteiger partial charge < -0.3 is 10.6 Å². The highest BCUT2D eigenvalue weighted by molar-refractivity contribution is 6.30. The summed E-state index contributed by atoms with van der Waals surface area (Å²) in [6.45, 7) is 0. The molecule has 0 bridgehead atoms. The van der Waals surface area contributed by atoms with Crippen molar-refractivity contribution in [3.05, 3.63) is 70.2 Å². The molecule has 1 saturated carbocycles. The van der Waals surface area contributed by atoms with Gasteiger partial charge in [0.2, 0.25) is 5.96 Å². The molecule has 2 unspecified atom stereocenters. The van der Waals surface area contributed by atoms with Gasteiger partial charge in [-0.25, -0.2) is 5.43 Å². The lowest BCUT2D eigenvalue weighted by Crippen LogP contribution is -2.55. The van der Waals surface area contributed by atoms with Gasteiger partial charge in [0.25, 0.3) is 5.91 Å². The van der Waals surface area contributed by atoms with Crippen LogP contribution in [0.4, 0.5) is 0 Å². The number of hydrogen-bond donors (Lipinski definition) is 4. The number of rotatable bonds is 4. The highest BCUT2D eigenvalue weighted by Crippen LogP contribution is 2.26. The molecule has 4 rings (SSSR count). The van der Waals surface area contributed by atoms with Crippen molar-refractivity contribution in [3.63, 3.8) is 0 Å². The van der Waals surface area contributed by atoms with Crippen LogP contribution in [-0.2, 0) is 0 Å². The summed E-state index contributed by atoms with van der Waals surface area (Å²) in [5.74, 6) is 6.18. The van der Waals surface area contributed by atoms with Gasteiger partial charge >= 0.3 is 0 Å². The van der Waals surface area contributed by atoms with Gasteiger partial charge in [-0.3, -0.25) is 10.6 Å². The standard InChI is InChI=1S/C23H26ClN7O/c24-18-10-8-16(9-11-18)20-13-21(31(26)30-20)28-23(27-19-6-1-2-7-19)29-22(32)17-5-3-4-15(12-17)14-25/h3-5,8-12,19-21,30H,1-2,6-7,13,26H2,(H2,27,28,29,32). The van der Waals surface area contributed by atoms with E-state index in [4.69, 9.17) is 22.7 Å². The van der Waals surface area contributed by atoms with Crippen LogP contribution in [0, 0.1) is 11.3 Å². The predicted molar refractivity (Wildman–Crippen MR) is 123 cm³/mol. The number of nitriles is 1. The molecule has 0 spiro atoms. The number of amides is 1. The number of nitrogens with two attached hydrogens (primary N) is 1. The van der Waals surface area contributed by atoms with Crippen molar-refractivity contribution in [3.8, 4) is 6.07 Å². The fourth-order valence-electron chi connectivity index (χ4n) is 4.11. The molecule has 2 aromatic carbocycles. The van der Waals surface area contributed by atoms with Crippen LogP contribution in [0.2, 0.25) is 5.02 Å². The van der Waals surface area contributed by atoms with Gasteiger partial charge in [-0.1, -0.05) is 42.6 Å². The number of benzene rings is 2. The lowest BCUT2D eigenvalue weighted by molar-refractivity contribution is 0.100. The number of carbonyl (C=O) groups excluding carboxylic acids is 1. The molecule has 1 saturated heterocycles. The van der Waals surface area contributed by atoms with E-state index in [-0.39, 0.29) is 18.2 Å². The van der Waals surface area contributed by atoms with Crippen molar-refractivity contribution in [1.29, 1.82) is 5.26 Å². The maximum absolute atomic E-state index is 12.8. The summed E-state index contributed by atoms with van der Waals surface area (Å²) < 4.78 is 0. The van der Waals surface area contributed by atoms with E-state index < -0.39 is 5.91 Å². The van der Waals surface area contributed by atoms with Crippen LogP contribution in [0.15, 0.2) is 53.5 Å². The molecule has 8 nitrogen and oxygen atoms in total. The molecule has 5 N–H and O–H groups in total. The normalized spacial score (nSPS) is 22.0. The van der Waals surface area contributed by atoms with E-state index in [2.05, 4.69) is 27.1 Å². The van der Waals surface area contributed by atoms with Crippen LogP contribution in [0.5, 0.6) is 0 Å². The van der Waals surface area contributed by atoms with E-state index in [0.29, 0.717) is 28.5 Å². The van der Waals surface area contributed by atoms with Crippen LogP contribution < -0.4 is 21.9 Å². The average molecular weight is 452 g/mol. The smallest absolute Gasteiger partial charge is 0.280 e. The zero-order chi connectivity index (χ0) is 22.5. The highest BCUT2D eigenvalue weighted by Gasteiger charge is 2.32. The largest absolute Gasteiger partial charge is 0.353 e. The Morgan fingerprint density at radius 2 is 1.94 bits per heavy atom. The zero-order valence-corrected chi connectivity index (χ0v) is 18.3. The third kappa shape index (κ3) is 5.44. The van der Waals surface area contributed by atoms with E-state index >= 15 is 0 Å². The first-order chi connectivity index (χ1) is 15.5. The molecule has 1 aliphatic heterocycles. The average Bonchev–Trinajstić information content (AvgIpc) is 3.44. The Bertz CT molecular complexity index is 1030. The topological polar surface area (TPSA) is 119 Å². The summed E-state index contributed by atoms with van der Waals surface area (Å²) >= 11 is 6.00. The Morgan fingerprint density at radius 3 is 2.66 bits per heavy atom. The molecule has 166 valence electrons. The van der Waals surface area contributed by atoms with Crippen LogP contribution in [0.25, 0.3) is 0 Å². The minimum atomic E-state index is -0.418. The molecule has 0 radical (unpaired) electrons. The van der Waals surface area contributed by atoms with Gasteiger partial charge in [0.05, 0.1) is 17.7 Å². The van der Waals surface area contributed by atoms with Crippen molar-refractivity contribution in [1.82, 2.24) is 21.2 Å². The first-order valence-electron chi connectivity index (χ1n) is 10.7. The molecule has 1 amide bonds. The monoisotopic (exact) mass is 451 g/mol. The second-order valence-electron chi connectivity index (χ2n) is 8.12. The number of hydrogen-bond acceptors (Lipinski definition) is 5. The highest BCUT2D eigenvalue weighted by atomic mass is 35.5. The fourth-order valence-corrected chi connectivity index (χ4v) is 4.24. The summed E-state index contributed by atoms with van der Waals surface area (Å²) in [5, 5.41) is 18.0. The lowest BCUT2D eigenvalue weighted by atomic mass is 10.0. The van der Waals surface area contributed by atoms with Gasteiger partial charge in [0.1, 0.15) is 6.17 Å². The van der Waals surface area contributed by atoms with Gasteiger partial charge in [-0.15, -0.1) is 0 Å². The molecular formula is C23H26ClN7O. The molecule has 2 fully saturated rings. The predicted octanol–water partition coefficient (Wildman–Crippen LogP) is 2.98. The summed E-state index contributed by atoms with van der Waals surface area (Å²) in [4.78, 5) is 17.1. The Balaban J connectivity index is 1.51. The van der Waals surface area contributed by atoms with E-state index in [1.54, 1.807) is 24.3 Å². The Labute approximate surface area is 192 Å². The van der Waals surface area contributed by atoms with Gasteiger partial charge in [-0.05, 0) is 48.7 Å². The number of guanidine groups is 1. The third-order valence-electron chi connectivity index (χ3n) is 5.82. The van der Waals surface area contributed by atoms with Crippen molar-refractivity contribution < 1.29 is 4.79 Å². The van der Waals surface area contributed by atoms with Gasteiger partial charge in [0.15, 0.2) is 0 Å². The van der Waals surface area contributed by atoms with Crippen LogP contribution >= 0.6 is 11.6 Å². The van der Waals surface area contributed by atoms with E-state index in [9.17, 15) is 4.79 Å². The number of hydrazine groups is 2. The maximum Gasteiger partial charge on any atom is 0.280 e. The maximum atomic E-state index is 12.8. The summed E-state index contributed by atoms with van der Waals surface area (Å²) in [6, 6.07) is 16.5. The Kier molecular flexibility index (Phi) is 7.02. The number of halogens is 1. The molecule has 0 aromatic heterocycles. The number of aliphatic imine (C=N–C) groups is 1. The van der Waals surface area contributed by atoms with E-state index in [1.165, 1.54) is 5.12 Å². The molecule has 2 atom stereocenters. The molecule has 2 aliphatic rings. The Hall–Kier alpha value is -2.96. The van der Waals surface area contributed by atoms with Crippen molar-refractivity contribution in [2.24, 2.45) is 10.8 Å². The van der Waals surface area contributed by atoms with Crippen LogP contribution in [-0.4, -0.2) is 29.2 Å². The summed E-state index contributed by atoms with van der Waals surface area (Å²) in [6.07, 6.45) is 4.75. The second kappa shape index (κ2) is 10.1. The number of carbonyl (C=O) groups is 1. The first-order valence-corrected chi connectivity index (χ1v) is 11.1. The van der Waals surface area contributed by atoms with E-state index in [0.717, 1.165) is 31.2 Å². The van der Waals surface area contributed by atoms with Crippen molar-refractivity contribution in [2.75, 3.05) is 0 Å². The summed E-state index contributed by atoms with van der Waals surface area (Å²) in [7, 11) is 0. The second-order valence-corrected chi connectivity index (χ2v) is 8.56. The lowest BCUT2D eigenvalue weighted by Gasteiger charge is -2.24. The summed E-state index contributed by atoms with van der Waals surface area (Å²) in [5.41, 5.74) is 5.10. The quantitative estimate of drug-likeness (QED) is 0.320. The molecule has 9 heteroatoms. The molecule has 1 aliphatic carbocycles. The Morgan fingerprint density at radius 1 is 1.19 bits per heavy atom. The van der Waals surface area contributed by atoms with Gasteiger partial charge in [-0.2, -0.15) is 15.4 Å². The number of nitrogens with one attached hydrogen (secondary N) is 3. The molecule has 1 heterocycles.